The van der Waals surface area contributed by atoms with Crippen molar-refractivity contribution in [3.63, 3.8) is 0 Å². The van der Waals surface area contributed by atoms with Gasteiger partial charge in [0.05, 0.1) is 32.5 Å². The van der Waals surface area contributed by atoms with Crippen LogP contribution in [-0.4, -0.2) is 42.4 Å². The van der Waals surface area contributed by atoms with E-state index in [4.69, 9.17) is 18.9 Å². The molecule has 0 spiro atoms. The Morgan fingerprint density at radius 3 is 2.50 bits per heavy atom. The van der Waals surface area contributed by atoms with Crippen LogP contribution in [0.5, 0.6) is 23.0 Å². The number of phenols is 1. The van der Waals surface area contributed by atoms with Crippen LogP contribution in [0.4, 0.5) is 11.5 Å². The number of phenolic OH excluding ortho intramolecular Hbond substituents is 1. The Labute approximate surface area is 207 Å². The monoisotopic (exact) mass is 487 g/mol. The summed E-state index contributed by atoms with van der Waals surface area (Å²) >= 11 is 0. The molecule has 0 radical (unpaired) electrons. The largest absolute Gasteiger partial charge is 0.504 e. The van der Waals surface area contributed by atoms with Crippen molar-refractivity contribution in [3.8, 4) is 23.0 Å². The highest BCUT2D eigenvalue weighted by molar-refractivity contribution is 5.94. The van der Waals surface area contributed by atoms with Crippen molar-refractivity contribution >= 4 is 34.5 Å². The van der Waals surface area contributed by atoms with Crippen LogP contribution in [0.2, 0.25) is 0 Å². The van der Waals surface area contributed by atoms with Crippen molar-refractivity contribution < 1.29 is 28.8 Å². The quantitative estimate of drug-likeness (QED) is 0.252. The summed E-state index contributed by atoms with van der Waals surface area (Å²) in [5.74, 6) is 1.09. The summed E-state index contributed by atoms with van der Waals surface area (Å²) in [6, 6.07) is 16.4. The molecule has 1 heterocycles. The van der Waals surface area contributed by atoms with Gasteiger partial charge in [0.25, 0.3) is 0 Å². The van der Waals surface area contributed by atoms with Crippen molar-refractivity contribution in [2.24, 2.45) is 0 Å². The average Bonchev–Trinajstić information content (AvgIpc) is 2.91. The second-order valence-corrected chi connectivity index (χ2v) is 7.62. The zero-order chi connectivity index (χ0) is 25.5. The summed E-state index contributed by atoms with van der Waals surface area (Å²) in [5.41, 5.74) is 2.74. The lowest BCUT2D eigenvalue weighted by atomic mass is 10.1. The fraction of sp³-hybridized carbons (Fsp3) is 0.148. The van der Waals surface area contributed by atoms with Crippen molar-refractivity contribution in [2.75, 3.05) is 26.6 Å². The lowest BCUT2D eigenvalue weighted by molar-refractivity contribution is -0.134. The van der Waals surface area contributed by atoms with Gasteiger partial charge in [0, 0.05) is 17.5 Å². The van der Waals surface area contributed by atoms with Crippen LogP contribution in [0.15, 0.2) is 67.0 Å². The van der Waals surface area contributed by atoms with Crippen LogP contribution in [-0.2, 0) is 16.1 Å². The zero-order valence-corrected chi connectivity index (χ0v) is 20.0. The Hall–Kier alpha value is -4.79. The molecule has 2 N–H and O–H groups in total. The minimum absolute atomic E-state index is 0.0456. The van der Waals surface area contributed by atoms with Crippen molar-refractivity contribution in [3.05, 3.63) is 78.1 Å². The maximum Gasteiger partial charge on any atom is 0.330 e. The first-order chi connectivity index (χ1) is 17.5. The standard InChI is InChI=1S/C27H25N3O6/c1-33-23-14-20-19(13-22(23)31)27(29-16-28-20)30-21-11-18(9-10-25(32)35-3)12-24(34-2)26(21)36-15-17-7-5-4-6-8-17/h4-14,16,31H,15H2,1-3H3,(H,28,29,30)/b10-9+. The van der Waals surface area contributed by atoms with E-state index in [9.17, 15) is 9.90 Å². The molecule has 4 aromatic rings. The molecule has 0 amide bonds. The number of rotatable bonds is 9. The van der Waals surface area contributed by atoms with Gasteiger partial charge in [0.2, 0.25) is 0 Å². The van der Waals surface area contributed by atoms with E-state index >= 15 is 0 Å². The van der Waals surface area contributed by atoms with Crippen LogP contribution in [0.25, 0.3) is 17.0 Å². The maximum absolute atomic E-state index is 11.6. The molecular formula is C27H25N3O6. The molecule has 0 aliphatic rings. The summed E-state index contributed by atoms with van der Waals surface area (Å²) in [6.07, 6.45) is 4.33. The normalized spacial score (nSPS) is 10.9. The van der Waals surface area contributed by atoms with Crippen LogP contribution in [0.3, 0.4) is 0 Å². The number of ether oxygens (including phenoxy) is 4. The second kappa shape index (κ2) is 11.1. The van der Waals surface area contributed by atoms with Crippen LogP contribution < -0.4 is 19.5 Å². The molecule has 0 unspecified atom stereocenters. The topological polar surface area (TPSA) is 112 Å². The van der Waals surface area contributed by atoms with Crippen LogP contribution in [0.1, 0.15) is 11.1 Å². The highest BCUT2D eigenvalue weighted by atomic mass is 16.5. The van der Waals surface area contributed by atoms with Gasteiger partial charge in [-0.15, -0.1) is 0 Å². The number of nitrogens with zero attached hydrogens (tertiary/aromatic N) is 2. The molecule has 3 aromatic carbocycles. The molecule has 4 rings (SSSR count). The van der Waals surface area contributed by atoms with Gasteiger partial charge in [0.15, 0.2) is 23.0 Å². The van der Waals surface area contributed by atoms with Gasteiger partial charge in [-0.05, 0) is 35.4 Å². The minimum atomic E-state index is -0.487. The Morgan fingerprint density at radius 2 is 1.78 bits per heavy atom. The van der Waals surface area contributed by atoms with E-state index < -0.39 is 5.97 Å². The predicted molar refractivity (Wildman–Crippen MR) is 136 cm³/mol. The summed E-state index contributed by atoms with van der Waals surface area (Å²) < 4.78 is 21.7. The van der Waals surface area contributed by atoms with Crippen molar-refractivity contribution in [1.82, 2.24) is 9.97 Å². The summed E-state index contributed by atoms with van der Waals surface area (Å²) in [4.78, 5) is 20.3. The lowest BCUT2D eigenvalue weighted by Crippen LogP contribution is -2.04. The number of aromatic nitrogens is 2. The summed E-state index contributed by atoms with van der Waals surface area (Å²) in [5, 5.41) is 14.2. The SMILES string of the molecule is COC(=O)/C=C/c1cc(Nc2ncnc3cc(OC)c(O)cc23)c(OCc2ccccc2)c(OC)c1. The molecule has 36 heavy (non-hydrogen) atoms. The molecule has 0 aliphatic carbocycles. The highest BCUT2D eigenvalue weighted by Gasteiger charge is 2.17. The van der Waals surface area contributed by atoms with Gasteiger partial charge in [-0.3, -0.25) is 0 Å². The molecule has 0 fully saturated rings. The predicted octanol–water partition coefficient (Wildman–Crippen LogP) is 4.86. The van der Waals surface area contributed by atoms with Gasteiger partial charge in [-0.2, -0.15) is 0 Å². The third kappa shape index (κ3) is 5.47. The second-order valence-electron chi connectivity index (χ2n) is 7.62. The molecule has 0 bridgehead atoms. The number of esters is 1. The molecule has 0 saturated heterocycles. The van der Waals surface area contributed by atoms with Gasteiger partial charge >= 0.3 is 5.97 Å². The number of carbonyl (C=O) groups is 1. The van der Waals surface area contributed by atoms with Crippen LogP contribution >= 0.6 is 0 Å². The Morgan fingerprint density at radius 1 is 1.00 bits per heavy atom. The average molecular weight is 488 g/mol. The van der Waals surface area contributed by atoms with Crippen molar-refractivity contribution in [1.29, 1.82) is 0 Å². The number of anilines is 2. The molecule has 1 aromatic heterocycles. The van der Waals surface area contributed by atoms with E-state index in [1.807, 2.05) is 30.3 Å². The molecule has 184 valence electrons. The molecular weight excluding hydrogens is 462 g/mol. The van der Waals surface area contributed by atoms with Crippen molar-refractivity contribution in [2.45, 2.75) is 6.61 Å². The lowest BCUT2D eigenvalue weighted by Gasteiger charge is -2.18. The number of hydrogen-bond donors (Lipinski definition) is 2. The fourth-order valence-corrected chi connectivity index (χ4v) is 3.54. The van der Waals surface area contributed by atoms with Gasteiger partial charge in [0.1, 0.15) is 18.8 Å². The Kier molecular flexibility index (Phi) is 7.50. The van der Waals surface area contributed by atoms with E-state index in [1.54, 1.807) is 24.3 Å². The molecule has 0 aliphatic heterocycles. The minimum Gasteiger partial charge on any atom is -0.504 e. The van der Waals surface area contributed by atoms with Gasteiger partial charge < -0.3 is 29.4 Å². The number of nitrogens with one attached hydrogen (secondary N) is 1. The molecule has 9 heteroatoms. The van der Waals surface area contributed by atoms with Gasteiger partial charge in [-0.1, -0.05) is 30.3 Å². The number of carbonyl (C=O) groups excluding carboxylic acids is 1. The fourth-order valence-electron chi connectivity index (χ4n) is 3.54. The van der Waals surface area contributed by atoms with Gasteiger partial charge in [-0.25, -0.2) is 14.8 Å². The smallest absolute Gasteiger partial charge is 0.330 e. The van der Waals surface area contributed by atoms with E-state index in [0.29, 0.717) is 51.8 Å². The first-order valence-electron chi connectivity index (χ1n) is 11.0. The van der Waals surface area contributed by atoms with E-state index in [0.717, 1.165) is 5.56 Å². The maximum atomic E-state index is 11.6. The number of hydrogen-bond acceptors (Lipinski definition) is 9. The summed E-state index contributed by atoms with van der Waals surface area (Å²) in [7, 11) is 4.31. The molecule has 0 saturated carbocycles. The Balaban J connectivity index is 1.79. The van der Waals surface area contributed by atoms with E-state index in [1.165, 1.54) is 39.8 Å². The third-order valence-electron chi connectivity index (χ3n) is 5.33. The first kappa shape index (κ1) is 24.3. The van der Waals surface area contributed by atoms with E-state index in [2.05, 4.69) is 15.3 Å². The number of benzene rings is 3. The molecule has 0 atom stereocenters. The number of fused-ring (bicyclic) bond motifs is 1. The number of aromatic hydroxyl groups is 1. The number of methoxy groups -OCH3 is 3. The highest BCUT2D eigenvalue weighted by Crippen LogP contribution is 2.41. The van der Waals surface area contributed by atoms with E-state index in [-0.39, 0.29) is 5.75 Å². The zero-order valence-electron chi connectivity index (χ0n) is 20.0. The third-order valence-corrected chi connectivity index (χ3v) is 5.33. The molecule has 9 nitrogen and oxygen atoms in total. The Bertz CT molecular complexity index is 1410. The summed E-state index contributed by atoms with van der Waals surface area (Å²) in [6.45, 7) is 0.297. The first-order valence-corrected chi connectivity index (χ1v) is 11.0. The van der Waals surface area contributed by atoms with Crippen LogP contribution in [0, 0.1) is 0 Å².